The fourth-order valence-electron chi connectivity index (χ4n) is 5.59. The van der Waals surface area contributed by atoms with E-state index in [1.165, 1.54) is 6.07 Å². The number of halogens is 2. The fraction of sp³-hybridized carbons (Fsp3) is 0.444. The second-order valence-corrected chi connectivity index (χ2v) is 9.93. The summed E-state index contributed by atoms with van der Waals surface area (Å²) in [5, 5.41) is 2.61. The molecule has 196 valence electrons. The number of nitrogens with one attached hydrogen (secondary N) is 1. The largest absolute Gasteiger partial charge is 0.341 e. The number of carbonyl (C=O) groups excluding carboxylic acids is 3. The van der Waals surface area contributed by atoms with Crippen molar-refractivity contribution in [1.82, 2.24) is 14.7 Å². The van der Waals surface area contributed by atoms with Crippen molar-refractivity contribution < 1.29 is 23.2 Å². The molecule has 3 aliphatic rings. The summed E-state index contributed by atoms with van der Waals surface area (Å²) in [4.78, 5) is 46.8. The molecule has 3 heterocycles. The van der Waals surface area contributed by atoms with Crippen molar-refractivity contribution in [2.75, 3.05) is 49.6 Å². The number of anilines is 2. The van der Waals surface area contributed by atoms with Crippen LogP contribution in [0.3, 0.4) is 0 Å². The summed E-state index contributed by atoms with van der Waals surface area (Å²) in [6, 6.07) is 12.4. The number of rotatable bonds is 4. The Bertz CT molecular complexity index is 1160. The molecule has 3 saturated heterocycles. The second-order valence-electron chi connectivity index (χ2n) is 9.93. The van der Waals surface area contributed by atoms with Gasteiger partial charge in [0.2, 0.25) is 5.91 Å². The van der Waals surface area contributed by atoms with E-state index in [9.17, 15) is 23.2 Å². The lowest BCUT2D eigenvalue weighted by atomic mass is 9.85. The van der Waals surface area contributed by atoms with Crippen molar-refractivity contribution in [2.45, 2.75) is 37.6 Å². The SMILES string of the molecule is O=C(CN1CN(c2ccccc2)C2(CCN(C(=O)Nc3ccc(F)c(F)c3)CC2)C1=O)N1CCCCC1. The van der Waals surface area contributed by atoms with Crippen molar-refractivity contribution in [3.05, 3.63) is 60.2 Å². The number of piperidine rings is 2. The van der Waals surface area contributed by atoms with Crippen LogP contribution in [0.1, 0.15) is 32.1 Å². The first-order chi connectivity index (χ1) is 17.9. The van der Waals surface area contributed by atoms with E-state index >= 15 is 0 Å². The van der Waals surface area contributed by atoms with E-state index in [0.717, 1.165) is 50.2 Å². The van der Waals surface area contributed by atoms with E-state index in [-0.39, 0.29) is 24.0 Å². The molecule has 4 amide bonds. The Morgan fingerprint density at radius 3 is 2.24 bits per heavy atom. The maximum Gasteiger partial charge on any atom is 0.321 e. The second kappa shape index (κ2) is 10.4. The van der Waals surface area contributed by atoms with Crippen LogP contribution < -0.4 is 10.2 Å². The molecule has 0 atom stereocenters. The van der Waals surface area contributed by atoms with Crippen LogP contribution >= 0.6 is 0 Å². The molecule has 0 aromatic heterocycles. The number of nitrogens with zero attached hydrogens (tertiary/aromatic N) is 4. The van der Waals surface area contributed by atoms with Crippen LogP contribution in [0.2, 0.25) is 0 Å². The molecule has 0 unspecified atom stereocenters. The monoisotopic (exact) mass is 511 g/mol. The molecular formula is C27H31F2N5O3. The van der Waals surface area contributed by atoms with Crippen molar-refractivity contribution in [3.8, 4) is 0 Å². The molecule has 0 bridgehead atoms. The summed E-state index contributed by atoms with van der Waals surface area (Å²) in [6.07, 6.45) is 3.88. The summed E-state index contributed by atoms with van der Waals surface area (Å²) in [5.41, 5.74) is 0.195. The molecule has 0 aliphatic carbocycles. The standard InChI is InChI=1S/C27H31F2N5O3/c28-22-10-9-20(17-23(22)29)30-26(37)32-15-11-27(12-16-32)25(36)33(18-24(35)31-13-5-2-6-14-31)19-34(27)21-7-3-1-4-8-21/h1,3-4,7-10,17H,2,5-6,11-16,18-19H2,(H,30,37). The van der Waals surface area contributed by atoms with Crippen LogP contribution in [-0.4, -0.2) is 77.5 Å². The Labute approximate surface area is 214 Å². The molecule has 1 N–H and O–H groups in total. The van der Waals surface area contributed by atoms with Gasteiger partial charge in [0.05, 0.1) is 6.67 Å². The number of carbonyl (C=O) groups is 3. The molecule has 3 aliphatic heterocycles. The lowest BCUT2D eigenvalue weighted by molar-refractivity contribution is -0.141. The van der Waals surface area contributed by atoms with Gasteiger partial charge in [0.25, 0.3) is 5.91 Å². The quantitative estimate of drug-likeness (QED) is 0.680. The van der Waals surface area contributed by atoms with E-state index in [2.05, 4.69) is 10.2 Å². The predicted molar refractivity (Wildman–Crippen MR) is 135 cm³/mol. The number of para-hydroxylation sites is 1. The van der Waals surface area contributed by atoms with Gasteiger partial charge in [-0.1, -0.05) is 18.2 Å². The zero-order valence-electron chi connectivity index (χ0n) is 20.7. The van der Waals surface area contributed by atoms with E-state index in [1.54, 1.807) is 9.80 Å². The van der Waals surface area contributed by atoms with Gasteiger partial charge in [-0.25, -0.2) is 13.6 Å². The number of likely N-dealkylation sites (tertiary alicyclic amines) is 2. The predicted octanol–water partition coefficient (Wildman–Crippen LogP) is 3.65. The Morgan fingerprint density at radius 2 is 1.57 bits per heavy atom. The number of urea groups is 1. The Hall–Kier alpha value is -3.69. The third-order valence-corrected chi connectivity index (χ3v) is 7.67. The normalized spacial score (nSPS) is 19.5. The van der Waals surface area contributed by atoms with Gasteiger partial charge in [-0.15, -0.1) is 0 Å². The van der Waals surface area contributed by atoms with Crippen LogP contribution in [0.5, 0.6) is 0 Å². The van der Waals surface area contributed by atoms with E-state index < -0.39 is 23.2 Å². The molecule has 0 saturated carbocycles. The zero-order chi connectivity index (χ0) is 26.0. The minimum absolute atomic E-state index is 0.0264. The third kappa shape index (κ3) is 4.97. The molecule has 1 spiro atoms. The highest BCUT2D eigenvalue weighted by atomic mass is 19.2. The number of amides is 4. The highest BCUT2D eigenvalue weighted by Gasteiger charge is 2.54. The van der Waals surface area contributed by atoms with E-state index in [4.69, 9.17) is 0 Å². The van der Waals surface area contributed by atoms with Crippen molar-refractivity contribution in [2.24, 2.45) is 0 Å². The van der Waals surface area contributed by atoms with Crippen molar-refractivity contribution in [3.63, 3.8) is 0 Å². The lowest BCUT2D eigenvalue weighted by Gasteiger charge is -2.43. The fourth-order valence-corrected chi connectivity index (χ4v) is 5.59. The van der Waals surface area contributed by atoms with Crippen LogP contribution in [0.4, 0.5) is 25.0 Å². The van der Waals surface area contributed by atoms with Gasteiger partial charge in [0.15, 0.2) is 11.6 Å². The van der Waals surface area contributed by atoms with Crippen LogP contribution in [0.15, 0.2) is 48.5 Å². The number of benzene rings is 2. The van der Waals surface area contributed by atoms with Crippen LogP contribution in [-0.2, 0) is 9.59 Å². The average molecular weight is 512 g/mol. The maximum absolute atomic E-state index is 13.8. The molecule has 2 aromatic rings. The van der Waals surface area contributed by atoms with Crippen LogP contribution in [0, 0.1) is 11.6 Å². The Morgan fingerprint density at radius 1 is 0.865 bits per heavy atom. The first kappa shape index (κ1) is 25.0. The van der Waals surface area contributed by atoms with Gasteiger partial charge in [0, 0.05) is 43.6 Å². The Kier molecular flexibility index (Phi) is 6.99. The molecule has 2 aromatic carbocycles. The molecule has 5 rings (SSSR count). The summed E-state index contributed by atoms with van der Waals surface area (Å²) in [5.74, 6) is -2.14. The van der Waals surface area contributed by atoms with Gasteiger partial charge in [-0.2, -0.15) is 0 Å². The molecule has 37 heavy (non-hydrogen) atoms. The van der Waals surface area contributed by atoms with Gasteiger partial charge < -0.3 is 24.9 Å². The van der Waals surface area contributed by atoms with Crippen LogP contribution in [0.25, 0.3) is 0 Å². The first-order valence-electron chi connectivity index (χ1n) is 12.8. The first-order valence-corrected chi connectivity index (χ1v) is 12.8. The topological polar surface area (TPSA) is 76.2 Å². The van der Waals surface area contributed by atoms with E-state index in [1.807, 2.05) is 35.2 Å². The highest BCUT2D eigenvalue weighted by Crippen LogP contribution is 2.39. The molecule has 10 heteroatoms. The number of hydrogen-bond donors (Lipinski definition) is 1. The Balaban J connectivity index is 1.30. The maximum atomic E-state index is 13.8. The van der Waals surface area contributed by atoms with Gasteiger partial charge >= 0.3 is 6.03 Å². The van der Waals surface area contributed by atoms with E-state index in [0.29, 0.717) is 32.6 Å². The summed E-state index contributed by atoms with van der Waals surface area (Å²) < 4.78 is 26.8. The third-order valence-electron chi connectivity index (χ3n) is 7.67. The summed E-state index contributed by atoms with van der Waals surface area (Å²) in [7, 11) is 0. The van der Waals surface area contributed by atoms with Gasteiger partial charge in [0.1, 0.15) is 12.1 Å². The molecular weight excluding hydrogens is 480 g/mol. The minimum atomic E-state index is -1.04. The van der Waals surface area contributed by atoms with Crippen molar-refractivity contribution >= 4 is 29.2 Å². The minimum Gasteiger partial charge on any atom is -0.341 e. The summed E-state index contributed by atoms with van der Waals surface area (Å²) in [6.45, 7) is 2.43. The lowest BCUT2D eigenvalue weighted by Crippen LogP contribution is -2.58. The van der Waals surface area contributed by atoms with Gasteiger partial charge in [-0.3, -0.25) is 9.59 Å². The smallest absolute Gasteiger partial charge is 0.321 e. The number of hydrogen-bond acceptors (Lipinski definition) is 4. The summed E-state index contributed by atoms with van der Waals surface area (Å²) >= 11 is 0. The molecule has 0 radical (unpaired) electrons. The highest BCUT2D eigenvalue weighted by molar-refractivity contribution is 5.97. The molecule has 8 nitrogen and oxygen atoms in total. The van der Waals surface area contributed by atoms with Gasteiger partial charge in [-0.05, 0) is 56.4 Å². The average Bonchev–Trinajstić information content (AvgIpc) is 3.18. The van der Waals surface area contributed by atoms with Crippen molar-refractivity contribution in [1.29, 1.82) is 0 Å². The zero-order valence-corrected chi connectivity index (χ0v) is 20.7. The molecule has 3 fully saturated rings.